The van der Waals surface area contributed by atoms with E-state index >= 15 is 0 Å². The third-order valence-electron chi connectivity index (χ3n) is 2.20. The van der Waals surface area contributed by atoms with Gasteiger partial charge in [0.25, 0.3) is 0 Å². The van der Waals surface area contributed by atoms with E-state index < -0.39 is 11.9 Å². The third kappa shape index (κ3) is 2.15. The number of aromatic amines is 1. The highest BCUT2D eigenvalue weighted by atomic mass is 16.4. The molecule has 0 amide bonds. The van der Waals surface area contributed by atoms with Gasteiger partial charge in [-0.25, -0.2) is 14.6 Å². The lowest BCUT2D eigenvalue weighted by molar-refractivity contribution is 0.0696. The summed E-state index contributed by atoms with van der Waals surface area (Å²) in [6.45, 7) is 0. The lowest BCUT2D eigenvalue weighted by atomic mass is 10.1. The number of aromatic nitrogens is 2. The molecule has 6 heteroatoms. The summed E-state index contributed by atoms with van der Waals surface area (Å²) in [4.78, 5) is 28.5. The number of H-pyrrole nitrogens is 1. The van der Waals surface area contributed by atoms with Crippen molar-refractivity contribution in [2.75, 3.05) is 0 Å². The molecule has 1 aromatic heterocycles. The van der Waals surface area contributed by atoms with Crippen molar-refractivity contribution in [3.05, 3.63) is 41.7 Å². The van der Waals surface area contributed by atoms with E-state index in [1.54, 1.807) is 6.20 Å². The summed E-state index contributed by atoms with van der Waals surface area (Å²) >= 11 is 0. The molecular weight excluding hydrogens is 224 g/mol. The Balaban J connectivity index is 2.60. The fraction of sp³-hybridized carbons (Fsp3) is 0. The first-order chi connectivity index (χ1) is 8.08. The fourth-order valence-corrected chi connectivity index (χ4v) is 1.43. The Bertz CT molecular complexity index is 543. The van der Waals surface area contributed by atoms with Gasteiger partial charge in [-0.3, -0.25) is 0 Å². The summed E-state index contributed by atoms with van der Waals surface area (Å²) in [5, 5.41) is 17.8. The molecule has 17 heavy (non-hydrogen) atoms. The normalized spacial score (nSPS) is 10.1. The zero-order valence-electron chi connectivity index (χ0n) is 8.54. The number of nitrogens with one attached hydrogen (secondary N) is 1. The molecule has 0 radical (unpaired) electrons. The van der Waals surface area contributed by atoms with E-state index in [1.807, 2.05) is 0 Å². The van der Waals surface area contributed by atoms with Crippen molar-refractivity contribution in [1.29, 1.82) is 0 Å². The number of nitrogens with zero attached hydrogens (tertiary/aromatic N) is 1. The molecule has 0 fully saturated rings. The van der Waals surface area contributed by atoms with Crippen LogP contribution in [0.1, 0.15) is 20.7 Å². The quantitative estimate of drug-likeness (QED) is 0.743. The SMILES string of the molecule is O=C(O)c1cc(C(=O)O)cc(-c2ncc[nH]2)c1. The van der Waals surface area contributed by atoms with Gasteiger partial charge < -0.3 is 15.2 Å². The second-order valence-electron chi connectivity index (χ2n) is 3.35. The molecule has 2 aromatic rings. The van der Waals surface area contributed by atoms with Gasteiger partial charge in [-0.2, -0.15) is 0 Å². The monoisotopic (exact) mass is 232 g/mol. The second-order valence-corrected chi connectivity index (χ2v) is 3.35. The lowest BCUT2D eigenvalue weighted by Gasteiger charge is -2.02. The van der Waals surface area contributed by atoms with Gasteiger partial charge in [0.2, 0.25) is 0 Å². The van der Waals surface area contributed by atoms with Gasteiger partial charge in [0.05, 0.1) is 11.1 Å². The van der Waals surface area contributed by atoms with Crippen LogP contribution in [0, 0.1) is 0 Å². The molecule has 0 aliphatic rings. The number of carboxylic acid groups (broad SMARTS) is 2. The number of carbonyl (C=O) groups is 2. The van der Waals surface area contributed by atoms with Gasteiger partial charge in [-0.15, -0.1) is 0 Å². The molecular formula is C11H8N2O4. The largest absolute Gasteiger partial charge is 0.478 e. The van der Waals surface area contributed by atoms with E-state index in [0.717, 1.165) is 6.07 Å². The molecule has 1 heterocycles. The first-order valence-electron chi connectivity index (χ1n) is 4.69. The zero-order valence-corrected chi connectivity index (χ0v) is 8.54. The van der Waals surface area contributed by atoms with E-state index in [1.165, 1.54) is 18.3 Å². The smallest absolute Gasteiger partial charge is 0.335 e. The maximum absolute atomic E-state index is 10.9. The van der Waals surface area contributed by atoms with Crippen LogP contribution in [0.3, 0.4) is 0 Å². The van der Waals surface area contributed by atoms with E-state index in [0.29, 0.717) is 11.4 Å². The predicted octanol–water partition coefficient (Wildman–Crippen LogP) is 1.47. The van der Waals surface area contributed by atoms with Gasteiger partial charge >= 0.3 is 11.9 Å². The van der Waals surface area contributed by atoms with Crippen molar-refractivity contribution in [1.82, 2.24) is 9.97 Å². The molecule has 2 rings (SSSR count). The van der Waals surface area contributed by atoms with Crippen LogP contribution in [0.2, 0.25) is 0 Å². The molecule has 0 unspecified atom stereocenters. The molecule has 0 saturated heterocycles. The molecule has 3 N–H and O–H groups in total. The fourth-order valence-electron chi connectivity index (χ4n) is 1.43. The summed E-state index contributed by atoms with van der Waals surface area (Å²) in [5.74, 6) is -1.93. The predicted molar refractivity (Wildman–Crippen MR) is 57.9 cm³/mol. The number of imidazole rings is 1. The summed E-state index contributed by atoms with van der Waals surface area (Å²) in [5.41, 5.74) is 0.250. The highest BCUT2D eigenvalue weighted by Gasteiger charge is 2.13. The average Bonchev–Trinajstić information content (AvgIpc) is 2.81. The first kappa shape index (κ1) is 10.9. The van der Waals surface area contributed by atoms with E-state index in [4.69, 9.17) is 10.2 Å². The van der Waals surface area contributed by atoms with Crippen LogP contribution in [0.25, 0.3) is 11.4 Å². The molecule has 0 atom stereocenters. The first-order valence-corrected chi connectivity index (χ1v) is 4.69. The van der Waals surface area contributed by atoms with Gasteiger partial charge in [0.15, 0.2) is 0 Å². The van der Waals surface area contributed by atoms with Crippen LogP contribution >= 0.6 is 0 Å². The van der Waals surface area contributed by atoms with E-state index in [2.05, 4.69) is 9.97 Å². The van der Waals surface area contributed by atoms with Gasteiger partial charge in [0, 0.05) is 18.0 Å². The highest BCUT2D eigenvalue weighted by Crippen LogP contribution is 2.19. The minimum atomic E-state index is -1.18. The number of aromatic carboxylic acids is 2. The summed E-state index contributed by atoms with van der Waals surface area (Å²) < 4.78 is 0. The van der Waals surface area contributed by atoms with Crippen molar-refractivity contribution < 1.29 is 19.8 Å². The van der Waals surface area contributed by atoms with E-state index in [9.17, 15) is 9.59 Å². The second kappa shape index (κ2) is 4.09. The number of hydrogen-bond donors (Lipinski definition) is 3. The highest BCUT2D eigenvalue weighted by molar-refractivity contribution is 5.95. The van der Waals surface area contributed by atoms with Crippen molar-refractivity contribution in [3.63, 3.8) is 0 Å². The Morgan fingerprint density at radius 2 is 1.65 bits per heavy atom. The molecule has 0 bridgehead atoms. The molecule has 86 valence electrons. The minimum Gasteiger partial charge on any atom is -0.478 e. The Morgan fingerprint density at radius 3 is 2.06 bits per heavy atom. The Kier molecular flexibility index (Phi) is 2.61. The Hall–Kier alpha value is -2.63. The van der Waals surface area contributed by atoms with Crippen molar-refractivity contribution in [2.45, 2.75) is 0 Å². The Morgan fingerprint density at radius 1 is 1.06 bits per heavy atom. The van der Waals surface area contributed by atoms with Crippen molar-refractivity contribution in [2.24, 2.45) is 0 Å². The van der Waals surface area contributed by atoms with Crippen LogP contribution in [0.5, 0.6) is 0 Å². The third-order valence-corrected chi connectivity index (χ3v) is 2.20. The van der Waals surface area contributed by atoms with E-state index in [-0.39, 0.29) is 11.1 Å². The molecule has 0 spiro atoms. The summed E-state index contributed by atoms with van der Waals surface area (Å²) in [7, 11) is 0. The van der Waals surface area contributed by atoms with Crippen LogP contribution in [-0.2, 0) is 0 Å². The van der Waals surface area contributed by atoms with Crippen molar-refractivity contribution >= 4 is 11.9 Å². The zero-order chi connectivity index (χ0) is 12.4. The van der Waals surface area contributed by atoms with Crippen molar-refractivity contribution in [3.8, 4) is 11.4 Å². The number of carboxylic acids is 2. The number of benzene rings is 1. The Labute approximate surface area is 95.6 Å². The molecule has 6 nitrogen and oxygen atoms in total. The maximum Gasteiger partial charge on any atom is 0.335 e. The van der Waals surface area contributed by atoms with Crippen LogP contribution in [-0.4, -0.2) is 32.1 Å². The van der Waals surface area contributed by atoms with Crippen LogP contribution in [0.15, 0.2) is 30.6 Å². The van der Waals surface area contributed by atoms with Gasteiger partial charge in [0.1, 0.15) is 5.82 Å². The lowest BCUT2D eigenvalue weighted by Crippen LogP contribution is -2.03. The summed E-state index contributed by atoms with van der Waals surface area (Å²) in [6.07, 6.45) is 3.08. The average molecular weight is 232 g/mol. The molecule has 0 saturated carbocycles. The molecule has 1 aromatic carbocycles. The summed E-state index contributed by atoms with van der Waals surface area (Å²) in [6, 6.07) is 3.85. The number of rotatable bonds is 3. The van der Waals surface area contributed by atoms with Gasteiger partial charge in [-0.05, 0) is 18.2 Å². The standard InChI is InChI=1S/C11H8N2O4/c14-10(15)7-3-6(9-12-1-2-13-9)4-8(5-7)11(16)17/h1-5H,(H,12,13)(H,14,15)(H,16,17). The topological polar surface area (TPSA) is 103 Å². The number of hydrogen-bond acceptors (Lipinski definition) is 3. The maximum atomic E-state index is 10.9. The minimum absolute atomic E-state index is 0.0868. The van der Waals surface area contributed by atoms with Gasteiger partial charge in [-0.1, -0.05) is 0 Å². The molecule has 0 aliphatic carbocycles. The van der Waals surface area contributed by atoms with Crippen LogP contribution in [0.4, 0.5) is 0 Å². The van der Waals surface area contributed by atoms with Crippen LogP contribution < -0.4 is 0 Å². The molecule has 0 aliphatic heterocycles.